The zero-order valence-corrected chi connectivity index (χ0v) is 18.5. The molecule has 3 N–H and O–H groups in total. The first kappa shape index (κ1) is 22.2. The van der Waals surface area contributed by atoms with Gasteiger partial charge in [0.15, 0.2) is 5.11 Å². The average molecular weight is 420 g/mol. The lowest BCUT2D eigenvalue weighted by atomic mass is 9.86. The van der Waals surface area contributed by atoms with Crippen molar-refractivity contribution >= 4 is 33.0 Å². The summed E-state index contributed by atoms with van der Waals surface area (Å²) in [5.41, 5.74) is 4.34. The van der Waals surface area contributed by atoms with Crippen molar-refractivity contribution in [2.45, 2.75) is 39.2 Å². The number of anilines is 1. The molecule has 0 saturated carbocycles. The second kappa shape index (κ2) is 9.39. The maximum atomic E-state index is 11.2. The molecule has 0 saturated heterocycles. The molecule has 0 aromatic heterocycles. The zero-order chi connectivity index (χ0) is 20.8. The summed E-state index contributed by atoms with van der Waals surface area (Å²) in [5, 5.41) is 6.98. The van der Waals surface area contributed by atoms with E-state index >= 15 is 0 Å². The molecule has 152 valence electrons. The Morgan fingerprint density at radius 3 is 2.04 bits per heavy atom. The second-order valence-electron chi connectivity index (χ2n) is 7.88. The van der Waals surface area contributed by atoms with Crippen LogP contribution >= 0.6 is 12.2 Å². The van der Waals surface area contributed by atoms with Crippen LogP contribution in [0, 0.1) is 0 Å². The van der Waals surface area contributed by atoms with Crippen molar-refractivity contribution in [2.24, 2.45) is 0 Å². The lowest BCUT2D eigenvalue weighted by molar-refractivity contribution is 0.590. The Hall–Kier alpha value is -2.12. The van der Waals surface area contributed by atoms with Crippen molar-refractivity contribution in [3.8, 4) is 0 Å². The van der Waals surface area contributed by atoms with E-state index in [-0.39, 0.29) is 5.41 Å². The van der Waals surface area contributed by atoms with Gasteiger partial charge in [0.25, 0.3) is 0 Å². The first-order valence-electron chi connectivity index (χ1n) is 9.21. The quantitative estimate of drug-likeness (QED) is 0.599. The highest BCUT2D eigenvalue weighted by Crippen LogP contribution is 2.22. The lowest BCUT2D eigenvalue weighted by Crippen LogP contribution is -2.35. The lowest BCUT2D eigenvalue weighted by Gasteiger charge is -2.19. The molecule has 0 amide bonds. The first-order valence-corrected chi connectivity index (χ1v) is 11.5. The highest BCUT2D eigenvalue weighted by Gasteiger charge is 2.12. The van der Waals surface area contributed by atoms with Crippen LogP contribution in [0.25, 0.3) is 0 Å². The van der Waals surface area contributed by atoms with Crippen molar-refractivity contribution < 1.29 is 8.42 Å². The van der Waals surface area contributed by atoms with E-state index in [0.717, 1.165) is 24.8 Å². The minimum atomic E-state index is -3.26. The Labute approximate surface area is 174 Å². The Morgan fingerprint density at radius 1 is 0.929 bits per heavy atom. The van der Waals surface area contributed by atoms with Crippen molar-refractivity contribution in [3.63, 3.8) is 0 Å². The van der Waals surface area contributed by atoms with E-state index < -0.39 is 10.0 Å². The van der Waals surface area contributed by atoms with Gasteiger partial charge in [-0.1, -0.05) is 57.2 Å². The van der Waals surface area contributed by atoms with Crippen LogP contribution < -0.4 is 15.4 Å². The Balaban J connectivity index is 1.73. The fourth-order valence-electron chi connectivity index (χ4n) is 2.64. The molecule has 2 aromatic carbocycles. The van der Waals surface area contributed by atoms with Gasteiger partial charge in [-0.05, 0) is 52.9 Å². The van der Waals surface area contributed by atoms with Gasteiger partial charge in [0.05, 0.1) is 6.26 Å². The molecule has 0 radical (unpaired) electrons. The predicted octanol–water partition coefficient (Wildman–Crippen LogP) is 3.56. The molecule has 7 heteroatoms. The standard InChI is InChI=1S/C21H29N3O2S2/c1-21(2,3)18-9-5-16(6-10-18)13-14-22-20(27)23-15-17-7-11-19(12-8-17)24-28(4,25)26/h5-12,24H,13-15H2,1-4H3,(H2,22,23,27). The number of thiocarbonyl (C=S) groups is 1. The molecule has 5 nitrogen and oxygen atoms in total. The summed E-state index contributed by atoms with van der Waals surface area (Å²) in [4.78, 5) is 0. The molecule has 0 bridgehead atoms. The normalized spacial score (nSPS) is 11.7. The maximum Gasteiger partial charge on any atom is 0.229 e. The summed E-state index contributed by atoms with van der Waals surface area (Å²) in [6, 6.07) is 15.9. The number of rotatable bonds is 7. The molecular formula is C21H29N3O2S2. The molecule has 0 heterocycles. The van der Waals surface area contributed by atoms with Gasteiger partial charge in [-0.3, -0.25) is 4.72 Å². The van der Waals surface area contributed by atoms with Gasteiger partial charge in [-0.2, -0.15) is 0 Å². The van der Waals surface area contributed by atoms with Crippen LogP contribution in [-0.4, -0.2) is 26.3 Å². The number of hydrogen-bond acceptors (Lipinski definition) is 3. The summed E-state index contributed by atoms with van der Waals surface area (Å²) < 4.78 is 24.9. The number of nitrogens with one attached hydrogen (secondary N) is 3. The maximum absolute atomic E-state index is 11.2. The van der Waals surface area contributed by atoms with Gasteiger partial charge in [-0.15, -0.1) is 0 Å². The van der Waals surface area contributed by atoms with Gasteiger partial charge in [-0.25, -0.2) is 8.42 Å². The highest BCUT2D eigenvalue weighted by molar-refractivity contribution is 7.92. The Bertz CT molecular complexity index is 885. The molecule has 2 aromatic rings. The third-order valence-electron chi connectivity index (χ3n) is 4.23. The second-order valence-corrected chi connectivity index (χ2v) is 10.0. The van der Waals surface area contributed by atoms with E-state index in [0.29, 0.717) is 17.3 Å². The largest absolute Gasteiger partial charge is 0.362 e. The van der Waals surface area contributed by atoms with E-state index in [1.165, 1.54) is 11.1 Å². The molecule has 28 heavy (non-hydrogen) atoms. The van der Waals surface area contributed by atoms with E-state index in [1.54, 1.807) is 12.1 Å². The van der Waals surface area contributed by atoms with Crippen LogP contribution in [0.4, 0.5) is 5.69 Å². The zero-order valence-electron chi connectivity index (χ0n) is 16.9. The summed E-state index contributed by atoms with van der Waals surface area (Å²) in [6.07, 6.45) is 2.03. The summed E-state index contributed by atoms with van der Waals surface area (Å²) >= 11 is 5.32. The van der Waals surface area contributed by atoms with Crippen LogP contribution in [0.1, 0.15) is 37.5 Å². The number of benzene rings is 2. The summed E-state index contributed by atoms with van der Waals surface area (Å²) in [7, 11) is -3.26. The van der Waals surface area contributed by atoms with Gasteiger partial charge >= 0.3 is 0 Å². The van der Waals surface area contributed by atoms with Crippen LogP contribution in [0.5, 0.6) is 0 Å². The van der Waals surface area contributed by atoms with Crippen LogP contribution in [0.15, 0.2) is 48.5 Å². The van der Waals surface area contributed by atoms with Crippen LogP contribution in [0.3, 0.4) is 0 Å². The predicted molar refractivity (Wildman–Crippen MR) is 121 cm³/mol. The summed E-state index contributed by atoms with van der Waals surface area (Å²) in [6.45, 7) is 7.97. The molecule has 0 atom stereocenters. The minimum absolute atomic E-state index is 0.168. The fraction of sp³-hybridized carbons (Fsp3) is 0.381. The Morgan fingerprint density at radius 2 is 1.50 bits per heavy atom. The number of sulfonamides is 1. The fourth-order valence-corrected chi connectivity index (χ4v) is 3.38. The molecule has 0 spiro atoms. The summed E-state index contributed by atoms with van der Waals surface area (Å²) in [5.74, 6) is 0. The van der Waals surface area contributed by atoms with Crippen LogP contribution in [-0.2, 0) is 28.4 Å². The molecule has 0 aliphatic rings. The first-order chi connectivity index (χ1) is 13.0. The van der Waals surface area contributed by atoms with Crippen molar-refractivity contribution in [1.82, 2.24) is 10.6 Å². The van der Waals surface area contributed by atoms with Gasteiger partial charge < -0.3 is 10.6 Å². The van der Waals surface area contributed by atoms with Crippen molar-refractivity contribution in [3.05, 3.63) is 65.2 Å². The van der Waals surface area contributed by atoms with E-state index in [2.05, 4.69) is 60.4 Å². The minimum Gasteiger partial charge on any atom is -0.362 e. The van der Waals surface area contributed by atoms with Gasteiger partial charge in [0, 0.05) is 18.8 Å². The molecule has 2 rings (SSSR count). The van der Waals surface area contributed by atoms with E-state index in [9.17, 15) is 8.42 Å². The monoisotopic (exact) mass is 419 g/mol. The molecule has 0 aliphatic heterocycles. The van der Waals surface area contributed by atoms with Gasteiger partial charge in [0.2, 0.25) is 10.0 Å². The third-order valence-corrected chi connectivity index (χ3v) is 5.12. The smallest absolute Gasteiger partial charge is 0.229 e. The molecular weight excluding hydrogens is 390 g/mol. The Kier molecular flexibility index (Phi) is 7.43. The van der Waals surface area contributed by atoms with E-state index in [4.69, 9.17) is 12.2 Å². The SMILES string of the molecule is CC(C)(C)c1ccc(CCNC(=S)NCc2ccc(NS(C)(=O)=O)cc2)cc1. The molecule has 0 fully saturated rings. The molecule has 0 unspecified atom stereocenters. The molecule has 0 aliphatic carbocycles. The van der Waals surface area contributed by atoms with Crippen molar-refractivity contribution in [2.75, 3.05) is 17.5 Å². The number of hydrogen-bond donors (Lipinski definition) is 3. The van der Waals surface area contributed by atoms with Crippen molar-refractivity contribution in [1.29, 1.82) is 0 Å². The third kappa shape index (κ3) is 7.86. The average Bonchev–Trinajstić information content (AvgIpc) is 2.59. The van der Waals surface area contributed by atoms with E-state index in [1.807, 2.05) is 12.1 Å². The van der Waals surface area contributed by atoms with Gasteiger partial charge in [0.1, 0.15) is 0 Å². The van der Waals surface area contributed by atoms with Crippen LogP contribution in [0.2, 0.25) is 0 Å². The topological polar surface area (TPSA) is 70.2 Å². The highest BCUT2D eigenvalue weighted by atomic mass is 32.2.